The first-order chi connectivity index (χ1) is 11.8. The maximum Gasteiger partial charge on any atom is 0.223 e. The summed E-state index contributed by atoms with van der Waals surface area (Å²) in [6, 6.07) is 6.76. The number of aromatic nitrogens is 2. The summed E-state index contributed by atoms with van der Waals surface area (Å²) in [5, 5.41) is 9.76. The van der Waals surface area contributed by atoms with Crippen LogP contribution in [0, 0.1) is 5.92 Å². The summed E-state index contributed by atoms with van der Waals surface area (Å²) in [7, 11) is 0. The Balaban J connectivity index is 1.35. The van der Waals surface area contributed by atoms with Gasteiger partial charge in [-0.2, -0.15) is 5.10 Å². The normalized spacial score (nSPS) is 21.2. The van der Waals surface area contributed by atoms with Crippen molar-refractivity contribution in [3.63, 3.8) is 0 Å². The van der Waals surface area contributed by atoms with Crippen LogP contribution in [0.2, 0.25) is 0 Å². The van der Waals surface area contributed by atoms with E-state index in [1.807, 2.05) is 17.5 Å². The van der Waals surface area contributed by atoms with Crippen molar-refractivity contribution in [3.05, 3.63) is 40.3 Å². The molecule has 128 valence electrons. The molecule has 24 heavy (non-hydrogen) atoms. The van der Waals surface area contributed by atoms with Crippen LogP contribution < -0.4 is 5.32 Å². The van der Waals surface area contributed by atoms with Crippen LogP contribution in [0.15, 0.2) is 29.8 Å². The lowest BCUT2D eigenvalue weighted by Gasteiger charge is -2.34. The zero-order valence-electron chi connectivity index (χ0n) is 13.9. The molecule has 2 aliphatic rings. The molecule has 1 aliphatic heterocycles. The molecule has 3 heterocycles. The predicted octanol–water partition coefficient (Wildman–Crippen LogP) is 2.81. The molecule has 0 saturated heterocycles. The topological polar surface area (TPSA) is 50.2 Å². The lowest BCUT2D eigenvalue weighted by Crippen LogP contribution is -2.40. The standard InChI is InChI=1S/C18H24N4OS/c23-18(14-3-1-4-14)19-8-6-15-11-21(13-17-5-2-10-24-17)12-16-7-9-20-22(15)16/h2,5,7,9-10,14-15H,1,3-4,6,8,11-13H2,(H,19,23). The van der Waals surface area contributed by atoms with Gasteiger partial charge in [0.1, 0.15) is 0 Å². The van der Waals surface area contributed by atoms with Gasteiger partial charge in [0.2, 0.25) is 5.91 Å². The molecule has 1 N–H and O–H groups in total. The summed E-state index contributed by atoms with van der Waals surface area (Å²) in [4.78, 5) is 15.9. The first-order valence-corrected chi connectivity index (χ1v) is 9.72. The zero-order chi connectivity index (χ0) is 16.4. The number of hydrogen-bond acceptors (Lipinski definition) is 4. The van der Waals surface area contributed by atoms with E-state index >= 15 is 0 Å². The highest BCUT2D eigenvalue weighted by Gasteiger charge is 2.27. The Hall–Kier alpha value is -1.66. The molecule has 1 atom stereocenters. The second kappa shape index (κ2) is 7.07. The van der Waals surface area contributed by atoms with Crippen LogP contribution in [0.3, 0.4) is 0 Å². The number of fused-ring (bicyclic) bond motifs is 1. The number of nitrogens with one attached hydrogen (secondary N) is 1. The number of amides is 1. The second-order valence-electron chi connectivity index (χ2n) is 6.88. The number of thiophene rings is 1. The van der Waals surface area contributed by atoms with Crippen molar-refractivity contribution in [2.75, 3.05) is 13.1 Å². The Bertz CT molecular complexity index is 677. The van der Waals surface area contributed by atoms with E-state index in [1.54, 1.807) is 0 Å². The molecule has 2 aromatic heterocycles. The summed E-state index contributed by atoms with van der Waals surface area (Å²) < 4.78 is 2.15. The molecular weight excluding hydrogens is 320 g/mol. The number of carbonyl (C=O) groups excluding carboxylic acids is 1. The molecule has 0 bridgehead atoms. The minimum atomic E-state index is 0.244. The summed E-state index contributed by atoms with van der Waals surface area (Å²) in [6.45, 7) is 3.68. The van der Waals surface area contributed by atoms with Crippen molar-refractivity contribution < 1.29 is 4.79 Å². The van der Waals surface area contributed by atoms with Gasteiger partial charge in [0.25, 0.3) is 0 Å². The molecule has 0 aromatic carbocycles. The van der Waals surface area contributed by atoms with Gasteiger partial charge >= 0.3 is 0 Å². The summed E-state index contributed by atoms with van der Waals surface area (Å²) in [5.74, 6) is 0.514. The average Bonchev–Trinajstić information content (AvgIpc) is 3.16. The number of hydrogen-bond donors (Lipinski definition) is 1. The van der Waals surface area contributed by atoms with Gasteiger partial charge in [0.15, 0.2) is 0 Å². The fraction of sp³-hybridized carbons (Fsp3) is 0.556. The van der Waals surface area contributed by atoms with E-state index < -0.39 is 0 Å². The van der Waals surface area contributed by atoms with Crippen molar-refractivity contribution in [1.82, 2.24) is 20.0 Å². The highest BCUT2D eigenvalue weighted by Crippen LogP contribution is 2.27. The second-order valence-corrected chi connectivity index (χ2v) is 7.91. The van der Waals surface area contributed by atoms with Gasteiger partial charge in [0.05, 0.1) is 11.7 Å². The Labute approximate surface area is 146 Å². The number of rotatable bonds is 6. The highest BCUT2D eigenvalue weighted by atomic mass is 32.1. The maximum atomic E-state index is 12.0. The van der Waals surface area contributed by atoms with Crippen molar-refractivity contribution >= 4 is 17.2 Å². The van der Waals surface area contributed by atoms with Crippen molar-refractivity contribution in [2.24, 2.45) is 5.92 Å². The minimum absolute atomic E-state index is 0.244. The molecule has 6 heteroatoms. The SMILES string of the molecule is O=C(NCCC1CN(Cc2cccs2)Cc2ccnn21)C1CCC1. The van der Waals surface area contributed by atoms with E-state index in [4.69, 9.17) is 0 Å². The molecular formula is C18H24N4OS. The molecule has 1 aliphatic carbocycles. The number of carbonyl (C=O) groups is 1. The smallest absolute Gasteiger partial charge is 0.223 e. The van der Waals surface area contributed by atoms with Crippen LogP contribution in [0.4, 0.5) is 0 Å². The molecule has 2 aromatic rings. The van der Waals surface area contributed by atoms with Gasteiger partial charge in [-0.1, -0.05) is 12.5 Å². The van der Waals surface area contributed by atoms with Crippen LogP contribution in [-0.2, 0) is 17.9 Å². The third-order valence-corrected chi connectivity index (χ3v) is 6.03. The minimum Gasteiger partial charge on any atom is -0.356 e. The third kappa shape index (κ3) is 3.39. The van der Waals surface area contributed by atoms with Gasteiger partial charge in [0, 0.05) is 43.2 Å². The van der Waals surface area contributed by atoms with Crippen molar-refractivity contribution in [1.29, 1.82) is 0 Å². The monoisotopic (exact) mass is 344 g/mol. The van der Waals surface area contributed by atoms with Crippen LogP contribution >= 0.6 is 11.3 Å². The molecule has 1 saturated carbocycles. The largest absolute Gasteiger partial charge is 0.356 e. The first-order valence-electron chi connectivity index (χ1n) is 8.84. The molecule has 0 spiro atoms. The molecule has 1 amide bonds. The summed E-state index contributed by atoms with van der Waals surface area (Å²) in [6.07, 6.45) is 6.16. The molecule has 4 rings (SSSR count). The molecule has 1 fully saturated rings. The quantitative estimate of drug-likeness (QED) is 0.877. The van der Waals surface area contributed by atoms with Crippen LogP contribution in [0.5, 0.6) is 0 Å². The van der Waals surface area contributed by atoms with Crippen molar-refractivity contribution in [2.45, 2.75) is 44.8 Å². The van der Waals surface area contributed by atoms with Gasteiger partial charge in [-0.15, -0.1) is 11.3 Å². The van der Waals surface area contributed by atoms with E-state index in [0.29, 0.717) is 6.04 Å². The Morgan fingerprint density at radius 1 is 1.38 bits per heavy atom. The average molecular weight is 344 g/mol. The summed E-state index contributed by atoms with van der Waals surface area (Å²) >= 11 is 1.81. The fourth-order valence-corrected chi connectivity index (χ4v) is 4.34. The Kier molecular flexibility index (Phi) is 4.67. The van der Waals surface area contributed by atoms with Gasteiger partial charge in [-0.05, 0) is 36.8 Å². The Morgan fingerprint density at radius 3 is 3.04 bits per heavy atom. The lowest BCUT2D eigenvalue weighted by molar-refractivity contribution is -0.127. The van der Waals surface area contributed by atoms with Crippen LogP contribution in [0.1, 0.15) is 42.3 Å². The van der Waals surface area contributed by atoms with Crippen LogP contribution in [0.25, 0.3) is 0 Å². The number of nitrogens with zero attached hydrogens (tertiary/aromatic N) is 3. The lowest BCUT2D eigenvalue weighted by atomic mass is 9.85. The highest BCUT2D eigenvalue weighted by molar-refractivity contribution is 7.09. The van der Waals surface area contributed by atoms with E-state index in [9.17, 15) is 4.79 Å². The predicted molar refractivity (Wildman–Crippen MR) is 94.7 cm³/mol. The van der Waals surface area contributed by atoms with E-state index in [1.165, 1.54) is 17.0 Å². The Morgan fingerprint density at radius 2 is 2.29 bits per heavy atom. The van der Waals surface area contributed by atoms with Gasteiger partial charge in [-0.25, -0.2) is 0 Å². The zero-order valence-corrected chi connectivity index (χ0v) is 14.7. The van der Waals surface area contributed by atoms with Crippen molar-refractivity contribution in [3.8, 4) is 0 Å². The summed E-state index contributed by atoms with van der Waals surface area (Å²) in [5.41, 5.74) is 1.27. The fourth-order valence-electron chi connectivity index (χ4n) is 3.60. The third-order valence-electron chi connectivity index (χ3n) is 5.16. The van der Waals surface area contributed by atoms with Gasteiger partial charge < -0.3 is 5.32 Å². The van der Waals surface area contributed by atoms with Gasteiger partial charge in [-0.3, -0.25) is 14.4 Å². The van der Waals surface area contributed by atoms with Crippen LogP contribution in [-0.4, -0.2) is 33.7 Å². The van der Waals surface area contributed by atoms with E-state index in [0.717, 1.165) is 45.4 Å². The molecule has 0 radical (unpaired) electrons. The maximum absolute atomic E-state index is 12.0. The molecule has 1 unspecified atom stereocenters. The first kappa shape index (κ1) is 15.8. The van der Waals surface area contributed by atoms with E-state index in [2.05, 4.69) is 43.6 Å². The van der Waals surface area contributed by atoms with E-state index in [-0.39, 0.29) is 11.8 Å². The molecule has 5 nitrogen and oxygen atoms in total.